The van der Waals surface area contributed by atoms with E-state index in [1.165, 1.54) is 19.3 Å². The average Bonchev–Trinajstić information content (AvgIpc) is 2.28. The van der Waals surface area contributed by atoms with Gasteiger partial charge in [0.05, 0.1) is 6.54 Å². The molecule has 0 heterocycles. The van der Waals surface area contributed by atoms with E-state index in [0.717, 1.165) is 25.8 Å². The minimum absolute atomic E-state index is 0.444. The van der Waals surface area contributed by atoms with E-state index in [1.54, 1.807) is 0 Å². The molecule has 0 amide bonds. The zero-order valence-electron chi connectivity index (χ0n) is 10.6. The maximum atomic E-state index is 3.75. The standard InChI is InChI=1S/C15H25N/c1-4-7-8-9-10-11-14-16-15(12-5-2)13-6-3/h5-6,15-16H,2-4,7-9,12-14H2,1H3. The highest BCUT2D eigenvalue weighted by Crippen LogP contribution is 1.99. The molecule has 0 aliphatic rings. The van der Waals surface area contributed by atoms with E-state index in [2.05, 4.69) is 37.2 Å². The SMILES string of the molecule is C=CCC(CC=C)NCC#CCCCCC. The number of hydrogen-bond acceptors (Lipinski definition) is 1. The Balaban J connectivity index is 3.58. The van der Waals surface area contributed by atoms with Crippen molar-refractivity contribution in [2.24, 2.45) is 0 Å². The number of unbranched alkanes of at least 4 members (excludes halogenated alkanes) is 3. The van der Waals surface area contributed by atoms with Crippen molar-refractivity contribution in [2.45, 2.75) is 51.5 Å². The van der Waals surface area contributed by atoms with Gasteiger partial charge in [-0.1, -0.05) is 37.8 Å². The molecule has 0 saturated heterocycles. The first-order valence-corrected chi connectivity index (χ1v) is 6.26. The van der Waals surface area contributed by atoms with E-state index in [1.807, 2.05) is 12.2 Å². The highest BCUT2D eigenvalue weighted by molar-refractivity contribution is 5.01. The molecular weight excluding hydrogens is 194 g/mol. The van der Waals surface area contributed by atoms with Crippen LogP contribution in [-0.4, -0.2) is 12.6 Å². The maximum absolute atomic E-state index is 3.75. The van der Waals surface area contributed by atoms with Crippen molar-refractivity contribution >= 4 is 0 Å². The summed E-state index contributed by atoms with van der Waals surface area (Å²) in [6.45, 7) is 10.5. The monoisotopic (exact) mass is 219 g/mol. The first-order valence-electron chi connectivity index (χ1n) is 6.26. The van der Waals surface area contributed by atoms with Gasteiger partial charge in [-0.15, -0.1) is 19.1 Å². The van der Waals surface area contributed by atoms with Gasteiger partial charge in [0, 0.05) is 12.5 Å². The van der Waals surface area contributed by atoms with Crippen LogP contribution in [0.2, 0.25) is 0 Å². The summed E-state index contributed by atoms with van der Waals surface area (Å²) in [6, 6.07) is 0.444. The minimum Gasteiger partial charge on any atom is -0.303 e. The lowest BCUT2D eigenvalue weighted by molar-refractivity contribution is 0.555. The average molecular weight is 219 g/mol. The Labute approximate surface area is 101 Å². The Kier molecular flexibility index (Phi) is 11.3. The third kappa shape index (κ3) is 9.55. The minimum atomic E-state index is 0.444. The summed E-state index contributed by atoms with van der Waals surface area (Å²) in [5.74, 6) is 6.36. The van der Waals surface area contributed by atoms with Crippen LogP contribution >= 0.6 is 0 Å². The highest BCUT2D eigenvalue weighted by atomic mass is 14.9. The summed E-state index contributed by atoms with van der Waals surface area (Å²) in [5.41, 5.74) is 0. The Hall–Kier alpha value is -1.00. The summed E-state index contributed by atoms with van der Waals surface area (Å²) in [6.07, 6.45) is 10.6. The van der Waals surface area contributed by atoms with Crippen LogP contribution in [0.1, 0.15) is 45.4 Å². The lowest BCUT2D eigenvalue weighted by Gasteiger charge is -2.12. The Morgan fingerprint density at radius 2 is 1.81 bits per heavy atom. The molecule has 90 valence electrons. The Morgan fingerprint density at radius 1 is 1.12 bits per heavy atom. The molecule has 1 N–H and O–H groups in total. The van der Waals surface area contributed by atoms with Gasteiger partial charge in [-0.05, 0) is 19.3 Å². The van der Waals surface area contributed by atoms with Gasteiger partial charge in [-0.3, -0.25) is 0 Å². The Morgan fingerprint density at radius 3 is 2.38 bits per heavy atom. The van der Waals surface area contributed by atoms with Crippen LogP contribution in [-0.2, 0) is 0 Å². The largest absolute Gasteiger partial charge is 0.303 e. The smallest absolute Gasteiger partial charge is 0.0578 e. The predicted octanol–water partition coefficient (Wildman–Crippen LogP) is 3.68. The number of nitrogens with one attached hydrogen (secondary N) is 1. The predicted molar refractivity (Wildman–Crippen MR) is 73.3 cm³/mol. The second-order valence-corrected chi connectivity index (χ2v) is 3.94. The number of hydrogen-bond donors (Lipinski definition) is 1. The molecule has 0 fully saturated rings. The molecule has 0 atom stereocenters. The fraction of sp³-hybridized carbons (Fsp3) is 0.600. The van der Waals surface area contributed by atoms with Crippen molar-refractivity contribution in [3.05, 3.63) is 25.3 Å². The van der Waals surface area contributed by atoms with Crippen molar-refractivity contribution in [3.8, 4) is 11.8 Å². The Bertz CT molecular complexity index is 222. The van der Waals surface area contributed by atoms with Crippen molar-refractivity contribution in [1.29, 1.82) is 0 Å². The maximum Gasteiger partial charge on any atom is 0.0578 e. The summed E-state index contributed by atoms with van der Waals surface area (Å²) in [4.78, 5) is 0. The van der Waals surface area contributed by atoms with Crippen LogP contribution in [0, 0.1) is 11.8 Å². The molecule has 0 aromatic heterocycles. The van der Waals surface area contributed by atoms with Crippen LogP contribution in [0.25, 0.3) is 0 Å². The van der Waals surface area contributed by atoms with Gasteiger partial charge in [-0.25, -0.2) is 0 Å². The molecular formula is C15H25N. The molecule has 0 radical (unpaired) electrons. The van der Waals surface area contributed by atoms with E-state index in [-0.39, 0.29) is 0 Å². The molecule has 0 spiro atoms. The molecule has 0 aliphatic heterocycles. The lowest BCUT2D eigenvalue weighted by atomic mass is 10.1. The van der Waals surface area contributed by atoms with Gasteiger partial charge >= 0.3 is 0 Å². The van der Waals surface area contributed by atoms with E-state index in [4.69, 9.17) is 0 Å². The number of rotatable bonds is 9. The van der Waals surface area contributed by atoms with E-state index in [9.17, 15) is 0 Å². The van der Waals surface area contributed by atoms with Crippen molar-refractivity contribution in [3.63, 3.8) is 0 Å². The molecule has 1 nitrogen and oxygen atoms in total. The first-order chi connectivity index (χ1) is 7.85. The van der Waals surface area contributed by atoms with Gasteiger partial charge < -0.3 is 5.32 Å². The summed E-state index contributed by atoms with van der Waals surface area (Å²) < 4.78 is 0. The van der Waals surface area contributed by atoms with E-state index in [0.29, 0.717) is 6.04 Å². The first kappa shape index (κ1) is 15.0. The molecule has 0 aromatic carbocycles. The molecule has 1 heteroatoms. The van der Waals surface area contributed by atoms with Crippen LogP contribution in [0.5, 0.6) is 0 Å². The molecule has 0 bridgehead atoms. The topological polar surface area (TPSA) is 12.0 Å². The van der Waals surface area contributed by atoms with E-state index < -0.39 is 0 Å². The van der Waals surface area contributed by atoms with Crippen LogP contribution in [0.15, 0.2) is 25.3 Å². The molecule has 0 aromatic rings. The van der Waals surface area contributed by atoms with Crippen molar-refractivity contribution in [2.75, 3.05) is 6.54 Å². The third-order valence-electron chi connectivity index (χ3n) is 2.41. The normalized spacial score (nSPS) is 9.62. The summed E-state index contributed by atoms with van der Waals surface area (Å²) in [7, 11) is 0. The third-order valence-corrected chi connectivity index (χ3v) is 2.41. The zero-order chi connectivity index (χ0) is 12.1. The molecule has 0 unspecified atom stereocenters. The molecule has 0 saturated carbocycles. The van der Waals surface area contributed by atoms with Gasteiger partial charge in [0.15, 0.2) is 0 Å². The van der Waals surface area contributed by atoms with Gasteiger partial charge in [0.25, 0.3) is 0 Å². The second kappa shape index (κ2) is 12.1. The lowest BCUT2D eigenvalue weighted by Crippen LogP contribution is -2.28. The van der Waals surface area contributed by atoms with Gasteiger partial charge in [0.1, 0.15) is 0 Å². The van der Waals surface area contributed by atoms with E-state index >= 15 is 0 Å². The molecule has 0 aliphatic carbocycles. The molecule has 16 heavy (non-hydrogen) atoms. The van der Waals surface area contributed by atoms with Crippen molar-refractivity contribution in [1.82, 2.24) is 5.32 Å². The molecule has 0 rings (SSSR count). The van der Waals surface area contributed by atoms with Crippen LogP contribution in [0.3, 0.4) is 0 Å². The van der Waals surface area contributed by atoms with Crippen molar-refractivity contribution < 1.29 is 0 Å². The second-order valence-electron chi connectivity index (χ2n) is 3.94. The highest BCUT2D eigenvalue weighted by Gasteiger charge is 2.00. The zero-order valence-corrected chi connectivity index (χ0v) is 10.6. The quantitative estimate of drug-likeness (QED) is 0.354. The van der Waals surface area contributed by atoms with Crippen LogP contribution < -0.4 is 5.32 Å². The summed E-state index contributed by atoms with van der Waals surface area (Å²) >= 11 is 0. The fourth-order valence-electron chi connectivity index (χ4n) is 1.47. The fourth-order valence-corrected chi connectivity index (χ4v) is 1.47. The van der Waals surface area contributed by atoms with Crippen LogP contribution in [0.4, 0.5) is 0 Å². The van der Waals surface area contributed by atoms with Gasteiger partial charge in [0.2, 0.25) is 0 Å². The van der Waals surface area contributed by atoms with Gasteiger partial charge in [-0.2, -0.15) is 0 Å². The summed E-state index contributed by atoms with van der Waals surface area (Å²) in [5, 5.41) is 3.40.